The van der Waals surface area contributed by atoms with Crippen LogP contribution in [0.3, 0.4) is 0 Å². The van der Waals surface area contributed by atoms with E-state index in [0.717, 1.165) is 37.3 Å². The molecule has 2 heterocycles. The van der Waals surface area contributed by atoms with Crippen LogP contribution < -0.4 is 5.32 Å². The molecule has 4 heteroatoms. The molecular weight excluding hydrogens is 262 g/mol. The monoisotopic (exact) mass is 281 g/mol. The van der Waals surface area contributed by atoms with Crippen LogP contribution in [0.15, 0.2) is 42.7 Å². The topological polar surface area (TPSA) is 45.2 Å². The molecule has 1 aliphatic rings. The van der Waals surface area contributed by atoms with Gasteiger partial charge in [-0.3, -0.25) is 9.78 Å². The van der Waals surface area contributed by atoms with Gasteiger partial charge in [0.05, 0.1) is 5.56 Å². The highest BCUT2D eigenvalue weighted by Crippen LogP contribution is 2.20. The van der Waals surface area contributed by atoms with E-state index >= 15 is 0 Å². The van der Waals surface area contributed by atoms with E-state index in [1.54, 1.807) is 12.4 Å². The van der Waals surface area contributed by atoms with Crippen LogP contribution in [0.4, 0.5) is 0 Å². The molecule has 1 aromatic carbocycles. The number of benzene rings is 1. The number of nitrogens with zero attached hydrogens (tertiary/aromatic N) is 2. The summed E-state index contributed by atoms with van der Waals surface area (Å²) in [5.41, 5.74) is 3.95. The molecule has 0 saturated carbocycles. The Morgan fingerprint density at radius 2 is 1.81 bits per heavy atom. The van der Waals surface area contributed by atoms with Crippen molar-refractivity contribution in [2.45, 2.75) is 6.92 Å². The molecule has 1 N–H and O–H groups in total. The number of carbonyl (C=O) groups is 1. The van der Waals surface area contributed by atoms with Gasteiger partial charge in [0.25, 0.3) is 5.91 Å². The minimum Gasteiger partial charge on any atom is -0.336 e. The van der Waals surface area contributed by atoms with Crippen molar-refractivity contribution in [2.75, 3.05) is 26.2 Å². The molecule has 1 fully saturated rings. The molecule has 21 heavy (non-hydrogen) atoms. The molecule has 108 valence electrons. The van der Waals surface area contributed by atoms with E-state index in [-0.39, 0.29) is 5.91 Å². The number of hydrogen-bond acceptors (Lipinski definition) is 3. The molecule has 1 amide bonds. The molecule has 0 radical (unpaired) electrons. The lowest BCUT2D eigenvalue weighted by molar-refractivity contribution is 0.0735. The molecule has 0 atom stereocenters. The summed E-state index contributed by atoms with van der Waals surface area (Å²) in [7, 11) is 0. The molecule has 3 rings (SSSR count). The van der Waals surface area contributed by atoms with Crippen LogP contribution in [-0.2, 0) is 0 Å². The van der Waals surface area contributed by atoms with Gasteiger partial charge >= 0.3 is 0 Å². The van der Waals surface area contributed by atoms with Gasteiger partial charge in [0.1, 0.15) is 0 Å². The number of piperazine rings is 1. The zero-order valence-corrected chi connectivity index (χ0v) is 12.2. The van der Waals surface area contributed by atoms with Crippen molar-refractivity contribution in [1.29, 1.82) is 0 Å². The minimum atomic E-state index is 0.0676. The predicted molar refractivity (Wildman–Crippen MR) is 83.2 cm³/mol. The van der Waals surface area contributed by atoms with Gasteiger partial charge in [0, 0.05) is 44.1 Å². The third-order valence-corrected chi connectivity index (χ3v) is 3.77. The van der Waals surface area contributed by atoms with E-state index in [1.165, 1.54) is 5.56 Å². The molecule has 0 aliphatic carbocycles. The number of aromatic nitrogens is 1. The lowest BCUT2D eigenvalue weighted by atomic mass is 10.0. The number of pyridine rings is 1. The SMILES string of the molecule is Cc1ccc(-c2cncc(C(=O)N3CCNCC3)c2)cc1. The third kappa shape index (κ3) is 3.11. The van der Waals surface area contributed by atoms with Crippen molar-refractivity contribution in [3.05, 3.63) is 53.9 Å². The summed E-state index contributed by atoms with van der Waals surface area (Å²) in [5, 5.41) is 3.25. The second-order valence-electron chi connectivity index (χ2n) is 5.37. The Labute approximate surface area is 124 Å². The summed E-state index contributed by atoms with van der Waals surface area (Å²) in [6.07, 6.45) is 3.46. The summed E-state index contributed by atoms with van der Waals surface area (Å²) >= 11 is 0. The normalized spacial score (nSPS) is 15.0. The zero-order valence-electron chi connectivity index (χ0n) is 12.2. The Morgan fingerprint density at radius 1 is 1.10 bits per heavy atom. The van der Waals surface area contributed by atoms with Crippen LogP contribution in [-0.4, -0.2) is 42.0 Å². The Morgan fingerprint density at radius 3 is 2.52 bits per heavy atom. The van der Waals surface area contributed by atoms with Crippen LogP contribution in [0, 0.1) is 6.92 Å². The van der Waals surface area contributed by atoms with Gasteiger partial charge in [0.2, 0.25) is 0 Å². The molecule has 0 bridgehead atoms. The van der Waals surface area contributed by atoms with E-state index in [4.69, 9.17) is 0 Å². The van der Waals surface area contributed by atoms with Crippen molar-refractivity contribution in [3.63, 3.8) is 0 Å². The highest BCUT2D eigenvalue weighted by Gasteiger charge is 2.18. The first-order valence-electron chi connectivity index (χ1n) is 7.26. The quantitative estimate of drug-likeness (QED) is 0.917. The van der Waals surface area contributed by atoms with Gasteiger partial charge < -0.3 is 10.2 Å². The number of aryl methyl sites for hydroxylation is 1. The van der Waals surface area contributed by atoms with Gasteiger partial charge in [-0.25, -0.2) is 0 Å². The Bertz CT molecular complexity index is 631. The second-order valence-corrected chi connectivity index (χ2v) is 5.37. The van der Waals surface area contributed by atoms with Crippen LogP contribution in [0.2, 0.25) is 0 Å². The molecule has 0 unspecified atom stereocenters. The van der Waals surface area contributed by atoms with Crippen LogP contribution in [0.25, 0.3) is 11.1 Å². The molecule has 4 nitrogen and oxygen atoms in total. The third-order valence-electron chi connectivity index (χ3n) is 3.77. The Hall–Kier alpha value is -2.20. The summed E-state index contributed by atoms with van der Waals surface area (Å²) in [5.74, 6) is 0.0676. The molecular formula is C17H19N3O. The minimum absolute atomic E-state index is 0.0676. The van der Waals surface area contributed by atoms with E-state index in [1.807, 2.05) is 11.0 Å². The Kier molecular flexibility index (Phi) is 3.97. The van der Waals surface area contributed by atoms with Crippen molar-refractivity contribution >= 4 is 5.91 Å². The average Bonchev–Trinajstić information content (AvgIpc) is 2.56. The first-order valence-corrected chi connectivity index (χ1v) is 7.26. The maximum Gasteiger partial charge on any atom is 0.255 e. The van der Waals surface area contributed by atoms with Crippen LogP contribution in [0.5, 0.6) is 0 Å². The largest absolute Gasteiger partial charge is 0.336 e. The van der Waals surface area contributed by atoms with E-state index in [9.17, 15) is 4.79 Å². The summed E-state index contributed by atoms with van der Waals surface area (Å²) in [6.45, 7) is 5.29. The van der Waals surface area contributed by atoms with Gasteiger partial charge in [-0.2, -0.15) is 0 Å². The smallest absolute Gasteiger partial charge is 0.255 e. The summed E-state index contributed by atoms with van der Waals surface area (Å²) in [4.78, 5) is 18.6. The Balaban J connectivity index is 1.85. The first-order chi connectivity index (χ1) is 10.2. The number of amides is 1. The number of carbonyl (C=O) groups excluding carboxylic acids is 1. The standard InChI is InChI=1S/C17H19N3O/c1-13-2-4-14(5-3-13)15-10-16(12-19-11-15)17(21)20-8-6-18-7-9-20/h2-5,10-12,18H,6-9H2,1H3. The zero-order chi connectivity index (χ0) is 14.7. The van der Waals surface area contributed by atoms with Crippen LogP contribution in [0.1, 0.15) is 15.9 Å². The van der Waals surface area contributed by atoms with E-state index in [0.29, 0.717) is 5.56 Å². The summed E-state index contributed by atoms with van der Waals surface area (Å²) < 4.78 is 0. The molecule has 0 spiro atoms. The molecule has 1 saturated heterocycles. The number of rotatable bonds is 2. The summed E-state index contributed by atoms with van der Waals surface area (Å²) in [6, 6.07) is 10.2. The molecule has 2 aromatic rings. The van der Waals surface area contributed by atoms with Gasteiger partial charge in [-0.1, -0.05) is 29.8 Å². The van der Waals surface area contributed by atoms with Crippen LogP contribution >= 0.6 is 0 Å². The van der Waals surface area contributed by atoms with Gasteiger partial charge in [-0.05, 0) is 18.6 Å². The van der Waals surface area contributed by atoms with Crippen molar-refractivity contribution < 1.29 is 4.79 Å². The van der Waals surface area contributed by atoms with E-state index < -0.39 is 0 Å². The fourth-order valence-corrected chi connectivity index (χ4v) is 2.51. The lowest BCUT2D eigenvalue weighted by Crippen LogP contribution is -2.46. The van der Waals surface area contributed by atoms with Crippen molar-refractivity contribution in [1.82, 2.24) is 15.2 Å². The maximum absolute atomic E-state index is 12.5. The van der Waals surface area contributed by atoms with E-state index in [2.05, 4.69) is 41.5 Å². The first kappa shape index (κ1) is 13.8. The fraction of sp³-hybridized carbons (Fsp3) is 0.294. The average molecular weight is 281 g/mol. The van der Waals surface area contributed by atoms with Gasteiger partial charge in [0.15, 0.2) is 0 Å². The van der Waals surface area contributed by atoms with Crippen molar-refractivity contribution in [3.8, 4) is 11.1 Å². The molecule has 1 aromatic heterocycles. The number of nitrogens with one attached hydrogen (secondary N) is 1. The fourth-order valence-electron chi connectivity index (χ4n) is 2.51. The number of hydrogen-bond donors (Lipinski definition) is 1. The van der Waals surface area contributed by atoms with Crippen molar-refractivity contribution in [2.24, 2.45) is 0 Å². The predicted octanol–water partition coefficient (Wildman–Crippen LogP) is 2.10. The molecule has 1 aliphatic heterocycles. The highest BCUT2D eigenvalue weighted by atomic mass is 16.2. The van der Waals surface area contributed by atoms with Gasteiger partial charge in [-0.15, -0.1) is 0 Å². The second kappa shape index (κ2) is 6.06. The lowest BCUT2D eigenvalue weighted by Gasteiger charge is -2.27. The highest BCUT2D eigenvalue weighted by molar-refractivity contribution is 5.95. The maximum atomic E-state index is 12.5.